The zero-order valence-corrected chi connectivity index (χ0v) is 6.82. The standard InChI is InChI=1S/C7H5N3OS/c11-8-4-5-2-1-3-6-7(5)10-12-9-6/h1-4,11H. The van der Waals surface area contributed by atoms with Gasteiger partial charge in [0.15, 0.2) is 0 Å². The van der Waals surface area contributed by atoms with Gasteiger partial charge in [-0.1, -0.05) is 17.3 Å². The molecule has 0 aliphatic heterocycles. The summed E-state index contributed by atoms with van der Waals surface area (Å²) in [6, 6.07) is 5.54. The lowest BCUT2D eigenvalue weighted by Gasteiger charge is -1.90. The minimum Gasteiger partial charge on any atom is -0.411 e. The Morgan fingerprint density at radius 2 is 2.33 bits per heavy atom. The van der Waals surface area contributed by atoms with Gasteiger partial charge in [-0.05, 0) is 6.07 Å². The van der Waals surface area contributed by atoms with Gasteiger partial charge < -0.3 is 5.21 Å². The first kappa shape index (κ1) is 7.17. The molecule has 2 aromatic rings. The van der Waals surface area contributed by atoms with Crippen LogP contribution in [0.15, 0.2) is 23.4 Å². The van der Waals surface area contributed by atoms with Gasteiger partial charge in [-0.3, -0.25) is 0 Å². The normalized spacial score (nSPS) is 11.3. The number of aromatic nitrogens is 2. The maximum atomic E-state index is 8.34. The summed E-state index contributed by atoms with van der Waals surface area (Å²) in [6.07, 6.45) is 1.35. The number of hydrogen-bond donors (Lipinski definition) is 1. The molecule has 0 fully saturated rings. The van der Waals surface area contributed by atoms with E-state index in [2.05, 4.69) is 13.9 Å². The first-order valence-electron chi connectivity index (χ1n) is 3.30. The van der Waals surface area contributed by atoms with Gasteiger partial charge in [0.25, 0.3) is 0 Å². The van der Waals surface area contributed by atoms with Crippen molar-refractivity contribution in [1.82, 2.24) is 8.75 Å². The van der Waals surface area contributed by atoms with Gasteiger partial charge in [-0.2, -0.15) is 8.75 Å². The van der Waals surface area contributed by atoms with Crippen molar-refractivity contribution in [3.8, 4) is 0 Å². The number of fused-ring (bicyclic) bond motifs is 1. The topological polar surface area (TPSA) is 58.4 Å². The molecule has 0 amide bonds. The van der Waals surface area contributed by atoms with Crippen LogP contribution in [0.3, 0.4) is 0 Å². The number of nitrogens with zero attached hydrogens (tertiary/aromatic N) is 3. The Balaban J connectivity index is 2.73. The average molecular weight is 179 g/mol. The van der Waals surface area contributed by atoms with Crippen molar-refractivity contribution in [3.05, 3.63) is 23.8 Å². The zero-order valence-electron chi connectivity index (χ0n) is 6.01. The Hall–Kier alpha value is -1.49. The van der Waals surface area contributed by atoms with E-state index in [9.17, 15) is 0 Å². The number of hydrogen-bond acceptors (Lipinski definition) is 5. The number of benzene rings is 1. The maximum absolute atomic E-state index is 8.34. The molecule has 0 bridgehead atoms. The van der Waals surface area contributed by atoms with E-state index >= 15 is 0 Å². The molecule has 60 valence electrons. The van der Waals surface area contributed by atoms with E-state index in [0.29, 0.717) is 0 Å². The summed E-state index contributed by atoms with van der Waals surface area (Å²) in [5.74, 6) is 0. The third-order valence-electron chi connectivity index (χ3n) is 1.51. The SMILES string of the molecule is ON=Cc1cccc2nsnc12. The molecule has 5 heteroatoms. The second kappa shape index (κ2) is 2.86. The highest BCUT2D eigenvalue weighted by Crippen LogP contribution is 2.14. The third kappa shape index (κ3) is 1.04. The summed E-state index contributed by atoms with van der Waals surface area (Å²) in [5.41, 5.74) is 2.39. The van der Waals surface area contributed by atoms with Crippen LogP contribution >= 0.6 is 11.7 Å². The monoisotopic (exact) mass is 179 g/mol. The van der Waals surface area contributed by atoms with Crippen LogP contribution in [0.2, 0.25) is 0 Å². The Morgan fingerprint density at radius 1 is 1.42 bits per heavy atom. The van der Waals surface area contributed by atoms with Crippen LogP contribution in [0.5, 0.6) is 0 Å². The van der Waals surface area contributed by atoms with Crippen molar-refractivity contribution in [2.45, 2.75) is 0 Å². The summed E-state index contributed by atoms with van der Waals surface area (Å²) < 4.78 is 8.11. The molecule has 0 spiro atoms. The van der Waals surface area contributed by atoms with Crippen LogP contribution in [0, 0.1) is 0 Å². The molecule has 2 rings (SSSR count). The van der Waals surface area contributed by atoms with Crippen LogP contribution in [0.1, 0.15) is 5.56 Å². The highest BCUT2D eigenvalue weighted by atomic mass is 32.1. The van der Waals surface area contributed by atoms with Gasteiger partial charge in [0.05, 0.1) is 17.9 Å². The molecule has 12 heavy (non-hydrogen) atoms. The number of rotatable bonds is 1. The fraction of sp³-hybridized carbons (Fsp3) is 0. The molecule has 4 nitrogen and oxygen atoms in total. The smallest absolute Gasteiger partial charge is 0.113 e. The third-order valence-corrected chi connectivity index (χ3v) is 2.06. The van der Waals surface area contributed by atoms with Crippen LogP contribution in [-0.2, 0) is 0 Å². The molecular formula is C7H5N3OS. The van der Waals surface area contributed by atoms with Crippen LogP contribution in [-0.4, -0.2) is 20.2 Å². The molecule has 0 aliphatic rings. The van der Waals surface area contributed by atoms with E-state index in [-0.39, 0.29) is 0 Å². The second-order valence-corrected chi connectivity index (χ2v) is 2.75. The fourth-order valence-corrected chi connectivity index (χ4v) is 1.55. The van der Waals surface area contributed by atoms with E-state index in [4.69, 9.17) is 5.21 Å². The molecule has 0 aliphatic carbocycles. The molecule has 0 atom stereocenters. The second-order valence-electron chi connectivity index (χ2n) is 2.22. The van der Waals surface area contributed by atoms with Gasteiger partial charge in [0.2, 0.25) is 0 Å². The predicted molar refractivity (Wildman–Crippen MR) is 46.8 cm³/mol. The lowest BCUT2D eigenvalue weighted by Crippen LogP contribution is -1.82. The average Bonchev–Trinajstić information content (AvgIpc) is 2.53. The van der Waals surface area contributed by atoms with Gasteiger partial charge in [-0.25, -0.2) is 0 Å². The van der Waals surface area contributed by atoms with E-state index in [1.54, 1.807) is 0 Å². The Bertz CT molecular complexity index is 423. The molecule has 0 unspecified atom stereocenters. The highest BCUT2D eigenvalue weighted by Gasteiger charge is 2.01. The van der Waals surface area contributed by atoms with E-state index in [1.165, 1.54) is 6.21 Å². The van der Waals surface area contributed by atoms with Crippen molar-refractivity contribution < 1.29 is 5.21 Å². The largest absolute Gasteiger partial charge is 0.411 e. The van der Waals surface area contributed by atoms with E-state index in [0.717, 1.165) is 28.3 Å². The summed E-state index contributed by atoms with van der Waals surface area (Å²) in [5, 5.41) is 11.3. The molecule has 1 N–H and O–H groups in total. The van der Waals surface area contributed by atoms with Gasteiger partial charge in [0, 0.05) is 5.56 Å². The van der Waals surface area contributed by atoms with Crippen LogP contribution < -0.4 is 0 Å². The first-order chi connectivity index (χ1) is 5.92. The van der Waals surface area contributed by atoms with Gasteiger partial charge in [-0.15, -0.1) is 0 Å². The summed E-state index contributed by atoms with van der Waals surface area (Å²) >= 11 is 1.15. The van der Waals surface area contributed by atoms with Crippen LogP contribution in [0.4, 0.5) is 0 Å². The number of oxime groups is 1. The summed E-state index contributed by atoms with van der Waals surface area (Å²) in [7, 11) is 0. The Morgan fingerprint density at radius 3 is 3.17 bits per heavy atom. The van der Waals surface area contributed by atoms with E-state index in [1.807, 2.05) is 18.2 Å². The lowest BCUT2D eigenvalue weighted by molar-refractivity contribution is 0.322. The maximum Gasteiger partial charge on any atom is 0.113 e. The molecule has 0 saturated heterocycles. The summed E-state index contributed by atoms with van der Waals surface area (Å²) in [4.78, 5) is 0. The van der Waals surface area contributed by atoms with Crippen molar-refractivity contribution in [1.29, 1.82) is 0 Å². The zero-order chi connectivity index (χ0) is 8.39. The molecule has 1 aromatic carbocycles. The lowest BCUT2D eigenvalue weighted by atomic mass is 10.2. The predicted octanol–water partition coefficient (Wildman–Crippen LogP) is 1.50. The quantitative estimate of drug-likeness (QED) is 0.410. The summed E-state index contributed by atoms with van der Waals surface area (Å²) in [6.45, 7) is 0. The first-order valence-corrected chi connectivity index (χ1v) is 4.03. The Labute approximate surface area is 72.5 Å². The van der Waals surface area contributed by atoms with Crippen molar-refractivity contribution in [3.63, 3.8) is 0 Å². The molecule has 0 saturated carbocycles. The minimum atomic E-state index is 0.778. The molecule has 1 heterocycles. The van der Waals surface area contributed by atoms with Crippen LogP contribution in [0.25, 0.3) is 11.0 Å². The van der Waals surface area contributed by atoms with Gasteiger partial charge >= 0.3 is 0 Å². The Kier molecular flexibility index (Phi) is 1.71. The van der Waals surface area contributed by atoms with Gasteiger partial charge in [0.1, 0.15) is 11.0 Å². The fourth-order valence-electron chi connectivity index (χ4n) is 0.993. The minimum absolute atomic E-state index is 0.778. The highest BCUT2D eigenvalue weighted by molar-refractivity contribution is 7.00. The van der Waals surface area contributed by atoms with Crippen molar-refractivity contribution in [2.75, 3.05) is 0 Å². The molecule has 1 aromatic heterocycles. The van der Waals surface area contributed by atoms with Crippen molar-refractivity contribution >= 4 is 29.0 Å². The van der Waals surface area contributed by atoms with E-state index < -0.39 is 0 Å². The molecular weight excluding hydrogens is 174 g/mol. The molecule has 0 radical (unpaired) electrons. The van der Waals surface area contributed by atoms with Crippen molar-refractivity contribution in [2.24, 2.45) is 5.16 Å².